The molecule has 1 aromatic heterocycles. The number of ether oxygens (including phenoxy) is 1. The minimum atomic E-state index is -5.12. The number of benzene rings is 4. The molecule has 0 spiro atoms. The molecule has 244 valence electrons. The van der Waals surface area contributed by atoms with Gasteiger partial charge in [0.2, 0.25) is 0 Å². The number of carbonyl (C=O) groups excluding carboxylic acids is 2. The van der Waals surface area contributed by atoms with Crippen LogP contribution in [0.3, 0.4) is 0 Å². The molecular weight excluding hydrogens is 656 g/mol. The first kappa shape index (κ1) is 33.8. The van der Waals surface area contributed by atoms with Crippen LogP contribution in [0.2, 0.25) is 10.0 Å². The van der Waals surface area contributed by atoms with Crippen molar-refractivity contribution < 1.29 is 32.6 Å². The van der Waals surface area contributed by atoms with E-state index in [0.717, 1.165) is 17.5 Å². The summed E-state index contributed by atoms with van der Waals surface area (Å²) in [4.78, 5) is 26.3. The molecule has 1 heterocycles. The van der Waals surface area contributed by atoms with E-state index in [4.69, 9.17) is 27.9 Å². The molecule has 4 aromatic carbocycles. The van der Waals surface area contributed by atoms with Gasteiger partial charge in [-0.15, -0.1) is 0 Å². The quantitative estimate of drug-likeness (QED) is 0.148. The highest BCUT2D eigenvalue weighted by atomic mass is 35.5. The Morgan fingerprint density at radius 3 is 2.28 bits per heavy atom. The summed E-state index contributed by atoms with van der Waals surface area (Å²) in [6, 6.07) is 23.6. The Balaban J connectivity index is 1.34. The highest BCUT2D eigenvalue weighted by Crippen LogP contribution is 2.34. The summed E-state index contributed by atoms with van der Waals surface area (Å²) in [5, 5.41) is 18.5. The van der Waals surface area contributed by atoms with E-state index in [9.17, 15) is 27.9 Å². The van der Waals surface area contributed by atoms with Crippen molar-refractivity contribution in [3.05, 3.63) is 123 Å². The van der Waals surface area contributed by atoms with Gasteiger partial charge in [0.15, 0.2) is 5.60 Å². The van der Waals surface area contributed by atoms with Gasteiger partial charge in [-0.2, -0.15) is 18.3 Å². The van der Waals surface area contributed by atoms with E-state index in [0.29, 0.717) is 27.7 Å². The van der Waals surface area contributed by atoms with Crippen molar-refractivity contribution in [3.8, 4) is 5.69 Å². The molecule has 0 aliphatic carbocycles. The zero-order chi connectivity index (χ0) is 33.9. The molecule has 47 heavy (non-hydrogen) atoms. The zero-order valence-electron chi connectivity index (χ0n) is 25.2. The molecule has 0 saturated heterocycles. The maximum Gasteiger partial charge on any atom is 0.420 e. The predicted octanol–water partition coefficient (Wildman–Crippen LogP) is 7.48. The fourth-order valence-corrected chi connectivity index (χ4v) is 5.57. The topological polar surface area (TPSA) is 96.7 Å². The maximum atomic E-state index is 14.3. The number of hydrogen-bond acceptors (Lipinski definition) is 6. The number of likely N-dealkylation sites (N-methyl/N-ethyl adjacent to an activating group) is 1. The van der Waals surface area contributed by atoms with E-state index in [1.807, 2.05) is 36.4 Å². The van der Waals surface area contributed by atoms with Gasteiger partial charge in [-0.25, -0.2) is 9.48 Å². The molecule has 8 nitrogen and oxygen atoms in total. The van der Waals surface area contributed by atoms with Crippen molar-refractivity contribution in [1.29, 1.82) is 0 Å². The molecule has 5 rings (SSSR count). The molecule has 0 fully saturated rings. The van der Waals surface area contributed by atoms with Crippen LogP contribution in [-0.4, -0.2) is 63.6 Å². The summed E-state index contributed by atoms with van der Waals surface area (Å²) < 4.78 is 49.9. The zero-order valence-corrected chi connectivity index (χ0v) is 26.7. The number of nitrogens with one attached hydrogen (secondary N) is 1. The molecule has 0 bridgehead atoms. The third-order valence-corrected chi connectivity index (χ3v) is 8.14. The van der Waals surface area contributed by atoms with Gasteiger partial charge in [0, 0.05) is 18.1 Å². The van der Waals surface area contributed by atoms with Crippen molar-refractivity contribution in [1.82, 2.24) is 14.7 Å². The molecule has 2 N–H and O–H groups in total. The number of aromatic nitrogens is 2. The number of aliphatic hydroxyl groups is 1. The second kappa shape index (κ2) is 13.6. The summed E-state index contributed by atoms with van der Waals surface area (Å²) >= 11 is 12.2. The lowest BCUT2D eigenvalue weighted by Crippen LogP contribution is -2.58. The van der Waals surface area contributed by atoms with Crippen molar-refractivity contribution in [3.63, 3.8) is 0 Å². The van der Waals surface area contributed by atoms with E-state index < -0.39 is 36.7 Å². The van der Waals surface area contributed by atoms with Gasteiger partial charge >= 0.3 is 12.1 Å². The Morgan fingerprint density at radius 2 is 1.64 bits per heavy atom. The first-order chi connectivity index (χ1) is 22.3. The fraction of sp³-hybridized carbons (Fsp3) is 0.206. The fourth-order valence-electron chi connectivity index (χ4n) is 5.01. The second-order valence-corrected chi connectivity index (χ2v) is 11.9. The molecule has 0 aliphatic heterocycles. The van der Waals surface area contributed by atoms with Gasteiger partial charge in [-0.1, -0.05) is 59.6 Å². The highest BCUT2D eigenvalue weighted by molar-refractivity contribution is 6.39. The van der Waals surface area contributed by atoms with E-state index in [1.165, 1.54) is 24.4 Å². The lowest BCUT2D eigenvalue weighted by Gasteiger charge is -2.34. The molecule has 1 atom stereocenters. The van der Waals surface area contributed by atoms with Crippen LogP contribution in [0.15, 0.2) is 91.1 Å². The number of halogens is 5. The van der Waals surface area contributed by atoms with Crippen molar-refractivity contribution in [2.24, 2.45) is 0 Å². The number of esters is 1. The largest absolute Gasteiger partial charge is 0.457 e. The smallest absolute Gasteiger partial charge is 0.420 e. The maximum absolute atomic E-state index is 14.3. The summed E-state index contributed by atoms with van der Waals surface area (Å²) in [6.07, 6.45) is -3.63. The highest BCUT2D eigenvalue weighted by Gasteiger charge is 2.54. The van der Waals surface area contributed by atoms with Crippen LogP contribution >= 0.6 is 23.2 Å². The van der Waals surface area contributed by atoms with E-state index in [-0.39, 0.29) is 27.9 Å². The number of hydrogen-bond donors (Lipinski definition) is 2. The summed E-state index contributed by atoms with van der Waals surface area (Å²) in [6.45, 7) is -0.179. The van der Waals surface area contributed by atoms with E-state index in [2.05, 4.69) is 10.4 Å². The van der Waals surface area contributed by atoms with Crippen LogP contribution in [0.1, 0.15) is 31.8 Å². The number of carbonyl (C=O) groups is 2. The Bertz CT molecular complexity index is 1900. The number of alkyl halides is 3. The SMILES string of the molecule is Cc1cc(NCC(O)(CN(C)C(=O)c2c(Cl)cccc2Cl)C(F)(F)F)c2cnn(-c3ccc(C(=O)OCc4ccccc4)cc3)c2c1. The number of anilines is 1. The number of amides is 1. The molecule has 5 aromatic rings. The second-order valence-electron chi connectivity index (χ2n) is 11.1. The molecule has 0 saturated carbocycles. The molecule has 0 aliphatic rings. The lowest BCUT2D eigenvalue weighted by atomic mass is 10.0. The Hall–Kier alpha value is -4.58. The monoisotopic (exact) mass is 684 g/mol. The van der Waals surface area contributed by atoms with Crippen LogP contribution in [0.5, 0.6) is 0 Å². The van der Waals surface area contributed by atoms with E-state index in [1.54, 1.807) is 41.9 Å². The molecule has 13 heteroatoms. The van der Waals surface area contributed by atoms with Gasteiger partial charge in [-0.05, 0) is 66.6 Å². The normalized spacial score (nSPS) is 12.9. The van der Waals surface area contributed by atoms with Gasteiger partial charge in [0.05, 0.1) is 51.7 Å². The standard InChI is InChI=1S/C34H29Cl2F3N4O4/c1-21-15-28(40-19-33(46,34(37,38)39)20-42(2)31(44)30-26(35)9-6-10-27(30)36)25-17-41-43(29(25)16-21)24-13-11-23(12-14-24)32(45)47-18-22-7-4-3-5-8-22/h3-17,40,46H,18-20H2,1-2H3. The molecule has 1 unspecified atom stereocenters. The Morgan fingerprint density at radius 1 is 0.979 bits per heavy atom. The average Bonchev–Trinajstić information content (AvgIpc) is 3.46. The summed E-state index contributed by atoms with van der Waals surface area (Å²) in [7, 11) is 1.13. The first-order valence-electron chi connectivity index (χ1n) is 14.3. The van der Waals surface area contributed by atoms with Crippen LogP contribution in [-0.2, 0) is 11.3 Å². The van der Waals surface area contributed by atoms with Gasteiger partial charge in [-0.3, -0.25) is 4.79 Å². The van der Waals surface area contributed by atoms with E-state index >= 15 is 0 Å². The number of fused-ring (bicyclic) bond motifs is 1. The Labute approximate surface area is 278 Å². The van der Waals surface area contributed by atoms with Gasteiger partial charge in [0.1, 0.15) is 6.61 Å². The van der Waals surface area contributed by atoms with Crippen molar-refractivity contribution in [2.75, 3.05) is 25.5 Å². The first-order valence-corrected chi connectivity index (χ1v) is 15.1. The van der Waals surface area contributed by atoms with Crippen LogP contribution in [0, 0.1) is 6.92 Å². The average molecular weight is 686 g/mol. The molecule has 1 amide bonds. The Kier molecular flexibility index (Phi) is 9.81. The number of rotatable bonds is 10. The van der Waals surface area contributed by atoms with Crippen LogP contribution in [0.4, 0.5) is 18.9 Å². The van der Waals surface area contributed by atoms with Gasteiger partial charge < -0.3 is 20.1 Å². The van der Waals surface area contributed by atoms with Gasteiger partial charge in [0.25, 0.3) is 5.91 Å². The summed E-state index contributed by atoms with van der Waals surface area (Å²) in [5.41, 5.74) is -0.146. The van der Waals surface area contributed by atoms with Crippen molar-refractivity contribution >= 4 is 51.7 Å². The lowest BCUT2D eigenvalue weighted by molar-refractivity contribution is -0.256. The van der Waals surface area contributed by atoms with Crippen LogP contribution < -0.4 is 5.32 Å². The van der Waals surface area contributed by atoms with Crippen molar-refractivity contribution in [2.45, 2.75) is 25.3 Å². The number of nitrogens with zero attached hydrogens (tertiary/aromatic N) is 3. The minimum Gasteiger partial charge on any atom is -0.457 e. The van der Waals surface area contributed by atoms with Crippen LogP contribution in [0.25, 0.3) is 16.6 Å². The molecular formula is C34H29Cl2F3N4O4. The predicted molar refractivity (Wildman–Crippen MR) is 174 cm³/mol. The number of aryl methyl sites for hydroxylation is 1. The minimum absolute atomic E-state index is 0.0279. The summed E-state index contributed by atoms with van der Waals surface area (Å²) in [5.74, 6) is -1.37. The third-order valence-electron chi connectivity index (χ3n) is 7.51. The third kappa shape index (κ3) is 7.38. The molecule has 0 radical (unpaired) electrons.